The first-order chi connectivity index (χ1) is 26.1. The monoisotopic (exact) mass is 747 g/mol. The SMILES string of the molecule is O=C1[C@@H]2[C@H](C(=O)N1c1ccc(Cl)c(C(F)(F)F)c1)[C@]1(c3ccccc3)C(=O)[C@@]2(c2ccccc2)C(c2ccc3c(c2)OCO3)=C1c1ccc2c(c1)OCO2. The van der Waals surface area contributed by atoms with Crippen LogP contribution >= 0.6 is 11.6 Å². The Balaban J connectivity index is 1.34. The molecule has 2 fully saturated rings. The number of nitrogens with zero attached hydrogens (tertiary/aromatic N) is 1. The van der Waals surface area contributed by atoms with E-state index in [9.17, 15) is 13.2 Å². The van der Waals surface area contributed by atoms with Gasteiger partial charge in [-0.15, -0.1) is 0 Å². The maximum atomic E-state index is 16.2. The van der Waals surface area contributed by atoms with Gasteiger partial charge in [0.2, 0.25) is 25.4 Å². The first-order valence-electron chi connectivity index (χ1n) is 17.0. The number of anilines is 1. The molecule has 0 unspecified atom stereocenters. The van der Waals surface area contributed by atoms with E-state index < -0.39 is 57.0 Å². The van der Waals surface area contributed by atoms with Gasteiger partial charge in [0.05, 0.1) is 38.9 Å². The molecule has 5 aromatic carbocycles. The summed E-state index contributed by atoms with van der Waals surface area (Å²) in [6, 6.07) is 31.0. The Morgan fingerprint density at radius 1 is 0.593 bits per heavy atom. The van der Waals surface area contributed by atoms with Gasteiger partial charge in [-0.1, -0.05) is 84.4 Å². The Hall–Kier alpha value is -6.07. The van der Waals surface area contributed by atoms with E-state index in [1.165, 1.54) is 6.07 Å². The number of fused-ring (bicyclic) bond motifs is 7. The van der Waals surface area contributed by atoms with Crippen molar-refractivity contribution in [3.8, 4) is 23.0 Å². The van der Waals surface area contributed by atoms with Crippen LogP contribution in [0.2, 0.25) is 5.02 Å². The highest BCUT2D eigenvalue weighted by Gasteiger charge is 2.83. The second kappa shape index (κ2) is 11.2. The summed E-state index contributed by atoms with van der Waals surface area (Å²) < 4.78 is 65.5. The third kappa shape index (κ3) is 4.07. The minimum absolute atomic E-state index is 0.0167. The molecule has 2 aliphatic carbocycles. The Labute approximate surface area is 310 Å². The predicted molar refractivity (Wildman–Crippen MR) is 189 cm³/mol. The first kappa shape index (κ1) is 32.6. The van der Waals surface area contributed by atoms with E-state index in [-0.39, 0.29) is 19.3 Å². The molecule has 8 nitrogen and oxygen atoms in total. The van der Waals surface area contributed by atoms with Crippen LogP contribution in [-0.4, -0.2) is 31.2 Å². The molecule has 268 valence electrons. The van der Waals surface area contributed by atoms with Crippen LogP contribution in [0, 0.1) is 11.8 Å². The van der Waals surface area contributed by atoms with Crippen LogP contribution in [0.1, 0.15) is 27.8 Å². The standard InChI is InChI=1S/C42H25ClF3NO7/c43-28-14-13-26(19-27(28)42(44,45)46)47-37(48)35-36(38(47)49)41(25-9-5-2-6-10-25)34(23-12-16-30-32(18-23)54-21-52-30)33(22-11-15-29-31(17-22)53-20-51-29)40(35,39(41)50)24-7-3-1-4-8-24/h1-19,35-36H,20-21H2/t35-,36+,40-,41+. The maximum absolute atomic E-state index is 16.2. The molecule has 1 saturated carbocycles. The summed E-state index contributed by atoms with van der Waals surface area (Å²) in [5, 5.41) is -0.584. The maximum Gasteiger partial charge on any atom is 0.417 e. The number of hydrogen-bond donors (Lipinski definition) is 0. The summed E-state index contributed by atoms with van der Waals surface area (Å²) in [5.41, 5.74) is -2.27. The van der Waals surface area contributed by atoms with Crippen LogP contribution in [-0.2, 0) is 31.4 Å². The van der Waals surface area contributed by atoms with Crippen LogP contribution in [0.3, 0.4) is 0 Å². The van der Waals surface area contributed by atoms with Crippen molar-refractivity contribution >= 4 is 46.0 Å². The smallest absolute Gasteiger partial charge is 0.417 e. The molecule has 4 atom stereocenters. The number of amides is 2. The molecule has 3 heterocycles. The zero-order chi connectivity index (χ0) is 37.1. The van der Waals surface area contributed by atoms with Crippen molar-refractivity contribution in [1.82, 2.24) is 0 Å². The van der Waals surface area contributed by atoms with Crippen molar-refractivity contribution < 1.29 is 46.5 Å². The van der Waals surface area contributed by atoms with Gasteiger partial charge in [0.15, 0.2) is 28.8 Å². The second-order valence-electron chi connectivity index (χ2n) is 13.7. The van der Waals surface area contributed by atoms with E-state index in [1.54, 1.807) is 97.1 Å². The fourth-order valence-electron chi connectivity index (χ4n) is 9.35. The molecule has 1 saturated heterocycles. The number of allylic oxidation sites excluding steroid dienone is 2. The molecule has 2 amide bonds. The number of benzene rings is 5. The summed E-state index contributed by atoms with van der Waals surface area (Å²) >= 11 is 5.99. The lowest BCUT2D eigenvalue weighted by molar-refractivity contribution is -0.137. The molecular weight excluding hydrogens is 723 g/mol. The topological polar surface area (TPSA) is 91.4 Å². The molecule has 12 heteroatoms. The van der Waals surface area contributed by atoms with Gasteiger partial charge in [-0.3, -0.25) is 14.4 Å². The lowest BCUT2D eigenvalue weighted by Crippen LogP contribution is -2.45. The van der Waals surface area contributed by atoms with E-state index in [4.69, 9.17) is 30.5 Å². The van der Waals surface area contributed by atoms with E-state index >= 15 is 14.4 Å². The van der Waals surface area contributed by atoms with Crippen LogP contribution in [0.4, 0.5) is 18.9 Å². The predicted octanol–water partition coefficient (Wildman–Crippen LogP) is 8.01. The van der Waals surface area contributed by atoms with Crippen LogP contribution < -0.4 is 23.8 Å². The van der Waals surface area contributed by atoms with E-state index in [0.717, 1.165) is 11.0 Å². The summed E-state index contributed by atoms with van der Waals surface area (Å²) in [6.45, 7) is -0.0333. The average Bonchev–Trinajstić information content (AvgIpc) is 3.98. The Morgan fingerprint density at radius 3 is 1.52 bits per heavy atom. The average molecular weight is 748 g/mol. The first-order valence-corrected chi connectivity index (χ1v) is 17.4. The lowest BCUT2D eigenvalue weighted by Gasteiger charge is -2.39. The van der Waals surface area contributed by atoms with Crippen molar-refractivity contribution in [2.24, 2.45) is 11.8 Å². The number of halogens is 4. The molecular formula is C42H25ClF3NO7. The molecule has 3 aliphatic heterocycles. The van der Waals surface area contributed by atoms with Crippen LogP contribution in [0.5, 0.6) is 23.0 Å². The van der Waals surface area contributed by atoms with Crippen LogP contribution in [0.25, 0.3) is 11.1 Å². The quantitative estimate of drug-likeness (QED) is 0.168. The fraction of sp³-hybridized carbons (Fsp3) is 0.167. The van der Waals surface area contributed by atoms with Gasteiger partial charge in [0.1, 0.15) is 0 Å². The molecule has 2 bridgehead atoms. The lowest BCUT2D eigenvalue weighted by atomic mass is 9.59. The summed E-state index contributed by atoms with van der Waals surface area (Å²) in [7, 11) is 0. The Kier molecular flexibility index (Phi) is 6.77. The molecule has 0 spiro atoms. The largest absolute Gasteiger partial charge is 0.454 e. The van der Waals surface area contributed by atoms with Crippen LogP contribution in [0.15, 0.2) is 115 Å². The number of carbonyl (C=O) groups excluding carboxylic acids is 3. The minimum Gasteiger partial charge on any atom is -0.454 e. The molecule has 0 radical (unpaired) electrons. The number of alkyl halides is 3. The van der Waals surface area contributed by atoms with Crippen molar-refractivity contribution in [1.29, 1.82) is 0 Å². The highest BCUT2D eigenvalue weighted by Crippen LogP contribution is 2.75. The third-order valence-electron chi connectivity index (χ3n) is 11.3. The molecule has 0 N–H and O–H groups in total. The molecule has 10 rings (SSSR count). The summed E-state index contributed by atoms with van der Waals surface area (Å²) in [6.07, 6.45) is -4.87. The highest BCUT2D eigenvalue weighted by atomic mass is 35.5. The van der Waals surface area contributed by atoms with Crippen molar-refractivity contribution in [3.05, 3.63) is 148 Å². The number of ketones is 1. The van der Waals surface area contributed by atoms with Gasteiger partial charge in [0.25, 0.3) is 0 Å². The van der Waals surface area contributed by atoms with Crippen molar-refractivity contribution in [2.75, 3.05) is 18.5 Å². The Bertz CT molecular complexity index is 2370. The zero-order valence-electron chi connectivity index (χ0n) is 27.9. The van der Waals surface area contributed by atoms with Gasteiger partial charge in [-0.2, -0.15) is 13.2 Å². The van der Waals surface area contributed by atoms with Gasteiger partial charge in [0, 0.05) is 0 Å². The second-order valence-corrected chi connectivity index (χ2v) is 14.1. The minimum atomic E-state index is -4.87. The number of Topliss-reactive ketones (excluding diaryl/α,β-unsaturated/α-hetero) is 1. The Morgan fingerprint density at radius 2 is 1.06 bits per heavy atom. The zero-order valence-corrected chi connectivity index (χ0v) is 28.6. The highest BCUT2D eigenvalue weighted by molar-refractivity contribution is 6.39. The van der Waals surface area contributed by atoms with E-state index in [0.29, 0.717) is 62.5 Å². The van der Waals surface area contributed by atoms with Gasteiger partial charge in [-0.05, 0) is 75.9 Å². The van der Waals surface area contributed by atoms with Crippen molar-refractivity contribution in [3.63, 3.8) is 0 Å². The van der Waals surface area contributed by atoms with Gasteiger partial charge in [-0.25, -0.2) is 4.90 Å². The normalized spacial score (nSPS) is 24.9. The number of carbonyl (C=O) groups is 3. The molecule has 54 heavy (non-hydrogen) atoms. The number of ether oxygens (including phenoxy) is 4. The fourth-order valence-corrected chi connectivity index (χ4v) is 9.58. The molecule has 5 aromatic rings. The molecule has 5 aliphatic rings. The summed E-state index contributed by atoms with van der Waals surface area (Å²) in [5.74, 6) is -2.94. The number of hydrogen-bond acceptors (Lipinski definition) is 7. The van der Waals surface area contributed by atoms with E-state index in [1.807, 2.05) is 0 Å². The van der Waals surface area contributed by atoms with E-state index in [2.05, 4.69) is 0 Å². The van der Waals surface area contributed by atoms with Crippen molar-refractivity contribution in [2.45, 2.75) is 17.0 Å². The summed E-state index contributed by atoms with van der Waals surface area (Å²) in [4.78, 5) is 47.4. The van der Waals surface area contributed by atoms with Gasteiger partial charge >= 0.3 is 6.18 Å². The molecule has 0 aromatic heterocycles. The number of imide groups is 1. The van der Waals surface area contributed by atoms with Gasteiger partial charge < -0.3 is 18.9 Å². The number of rotatable bonds is 5. The third-order valence-corrected chi connectivity index (χ3v) is 11.6.